The molecule has 1 amide bonds. The molecule has 1 aliphatic rings. The van der Waals surface area contributed by atoms with Gasteiger partial charge in [-0.1, -0.05) is 23.4 Å². The van der Waals surface area contributed by atoms with Crippen molar-refractivity contribution in [1.82, 2.24) is 10.5 Å². The summed E-state index contributed by atoms with van der Waals surface area (Å²) in [5, 5.41) is 7.10. The van der Waals surface area contributed by atoms with Crippen molar-refractivity contribution in [2.75, 3.05) is 13.2 Å². The molecule has 1 unspecified atom stereocenters. The molecule has 3 aromatic rings. The Balaban J connectivity index is 1.47. The maximum Gasteiger partial charge on any atom is 0.252 e. The Morgan fingerprint density at radius 3 is 2.67 bits per heavy atom. The Bertz CT molecular complexity index is 1040. The first kappa shape index (κ1) is 20.3. The fourth-order valence-corrected chi connectivity index (χ4v) is 4.53. The minimum atomic E-state index is -0.172. The van der Waals surface area contributed by atoms with E-state index in [0.717, 1.165) is 39.0 Å². The molecule has 2 aromatic carbocycles. The summed E-state index contributed by atoms with van der Waals surface area (Å²) in [7, 11) is 0. The molecule has 0 spiro atoms. The Labute approximate surface area is 179 Å². The van der Waals surface area contributed by atoms with Crippen LogP contribution in [0.4, 0.5) is 0 Å². The van der Waals surface area contributed by atoms with Crippen LogP contribution in [0.25, 0.3) is 0 Å². The van der Waals surface area contributed by atoms with Gasteiger partial charge in [-0.15, -0.1) is 11.8 Å². The van der Waals surface area contributed by atoms with E-state index in [-0.39, 0.29) is 11.9 Å². The number of hydrogen-bond donors (Lipinski definition) is 1. The van der Waals surface area contributed by atoms with Crippen LogP contribution in [0.15, 0.2) is 51.9 Å². The number of hydrogen-bond acceptors (Lipinski definition) is 6. The van der Waals surface area contributed by atoms with Gasteiger partial charge in [-0.25, -0.2) is 0 Å². The normalized spacial score (nSPS) is 13.7. The molecule has 1 aliphatic heterocycles. The van der Waals surface area contributed by atoms with E-state index < -0.39 is 0 Å². The maximum atomic E-state index is 13.0. The van der Waals surface area contributed by atoms with Gasteiger partial charge < -0.3 is 19.3 Å². The van der Waals surface area contributed by atoms with Gasteiger partial charge in [0, 0.05) is 16.2 Å². The number of aryl methyl sites for hydroxylation is 2. The van der Waals surface area contributed by atoms with Gasteiger partial charge in [0.1, 0.15) is 19.0 Å². The van der Waals surface area contributed by atoms with E-state index in [1.807, 2.05) is 63.2 Å². The quantitative estimate of drug-likeness (QED) is 0.571. The van der Waals surface area contributed by atoms with Gasteiger partial charge in [0.15, 0.2) is 11.5 Å². The second-order valence-electron chi connectivity index (χ2n) is 7.19. The highest BCUT2D eigenvalue weighted by Crippen LogP contribution is 2.33. The summed E-state index contributed by atoms with van der Waals surface area (Å²) in [4.78, 5) is 13.9. The maximum absolute atomic E-state index is 13.0. The Kier molecular flexibility index (Phi) is 5.99. The van der Waals surface area contributed by atoms with Crippen molar-refractivity contribution in [2.24, 2.45) is 0 Å². The molecule has 156 valence electrons. The van der Waals surface area contributed by atoms with Gasteiger partial charge in [0.25, 0.3) is 5.91 Å². The lowest BCUT2D eigenvalue weighted by molar-refractivity contribution is 0.0936. The van der Waals surface area contributed by atoms with Crippen molar-refractivity contribution < 1.29 is 18.8 Å². The zero-order valence-corrected chi connectivity index (χ0v) is 18.0. The highest BCUT2D eigenvalue weighted by atomic mass is 32.2. The Hall–Kier alpha value is -2.93. The van der Waals surface area contributed by atoms with Crippen molar-refractivity contribution in [3.8, 4) is 11.5 Å². The number of nitrogens with zero attached hydrogens (tertiary/aromatic N) is 1. The minimum Gasteiger partial charge on any atom is -0.486 e. The van der Waals surface area contributed by atoms with Crippen molar-refractivity contribution in [2.45, 2.75) is 37.5 Å². The van der Waals surface area contributed by atoms with Crippen molar-refractivity contribution in [3.05, 3.63) is 70.6 Å². The second-order valence-corrected chi connectivity index (χ2v) is 8.20. The van der Waals surface area contributed by atoms with Crippen molar-refractivity contribution in [1.29, 1.82) is 0 Å². The van der Waals surface area contributed by atoms with Crippen LogP contribution in [0.1, 0.15) is 45.9 Å². The zero-order valence-electron chi connectivity index (χ0n) is 17.2. The summed E-state index contributed by atoms with van der Waals surface area (Å²) in [6.07, 6.45) is 0. The molecule has 0 fully saturated rings. The molecule has 0 bridgehead atoms. The average Bonchev–Trinajstić information content (AvgIpc) is 3.09. The molecule has 4 rings (SSSR count). The number of nitrogens with one attached hydrogen (secondary N) is 1. The predicted molar refractivity (Wildman–Crippen MR) is 115 cm³/mol. The number of benzene rings is 2. The largest absolute Gasteiger partial charge is 0.486 e. The van der Waals surface area contributed by atoms with Crippen molar-refractivity contribution >= 4 is 17.7 Å². The van der Waals surface area contributed by atoms with Gasteiger partial charge >= 0.3 is 0 Å². The molecule has 0 saturated heterocycles. The number of amides is 1. The molecule has 1 aromatic heterocycles. The van der Waals surface area contributed by atoms with E-state index in [4.69, 9.17) is 14.0 Å². The van der Waals surface area contributed by atoms with Crippen LogP contribution in [-0.2, 0) is 5.75 Å². The molecule has 6 nitrogen and oxygen atoms in total. The van der Waals surface area contributed by atoms with Gasteiger partial charge in [-0.2, -0.15) is 0 Å². The summed E-state index contributed by atoms with van der Waals surface area (Å²) in [5.41, 5.74) is 3.57. The average molecular weight is 425 g/mol. The molecule has 30 heavy (non-hydrogen) atoms. The fraction of sp³-hybridized carbons (Fsp3) is 0.304. The highest BCUT2D eigenvalue weighted by Gasteiger charge is 2.19. The summed E-state index contributed by atoms with van der Waals surface area (Å²) in [6, 6.07) is 13.2. The number of rotatable bonds is 6. The Morgan fingerprint density at radius 2 is 1.90 bits per heavy atom. The van der Waals surface area contributed by atoms with Crippen LogP contribution in [-0.4, -0.2) is 24.3 Å². The third-order valence-electron chi connectivity index (χ3n) is 5.10. The van der Waals surface area contributed by atoms with Gasteiger partial charge in [-0.05, 0) is 50.6 Å². The lowest BCUT2D eigenvalue weighted by Gasteiger charge is -2.21. The third kappa shape index (κ3) is 4.31. The number of aromatic nitrogens is 1. The van der Waals surface area contributed by atoms with Gasteiger partial charge in [-0.3, -0.25) is 4.79 Å². The summed E-state index contributed by atoms with van der Waals surface area (Å²) < 4.78 is 16.5. The highest BCUT2D eigenvalue weighted by molar-refractivity contribution is 7.98. The van der Waals surface area contributed by atoms with Gasteiger partial charge in [0.05, 0.1) is 17.3 Å². The first-order chi connectivity index (χ1) is 14.5. The Morgan fingerprint density at radius 1 is 1.13 bits per heavy atom. The van der Waals surface area contributed by atoms with Crippen LogP contribution >= 0.6 is 11.8 Å². The zero-order chi connectivity index (χ0) is 21.1. The smallest absolute Gasteiger partial charge is 0.252 e. The molecular weight excluding hydrogens is 400 g/mol. The predicted octanol–water partition coefficient (Wildman–Crippen LogP) is 4.85. The topological polar surface area (TPSA) is 73.6 Å². The molecule has 2 heterocycles. The number of thioether (sulfide) groups is 1. The SMILES string of the molecule is Cc1noc(C)c1CSc1ccccc1C(=O)NC(C)c1ccc2c(c1)OCCO2. The second kappa shape index (κ2) is 8.83. The van der Waals surface area contributed by atoms with E-state index in [9.17, 15) is 4.79 Å². The molecule has 0 aliphatic carbocycles. The van der Waals surface area contributed by atoms with E-state index in [0.29, 0.717) is 24.5 Å². The molecule has 1 atom stereocenters. The summed E-state index contributed by atoms with van der Waals surface area (Å²) in [6.45, 7) is 6.89. The molecule has 0 saturated carbocycles. The number of ether oxygens (including phenoxy) is 2. The molecule has 1 N–H and O–H groups in total. The van der Waals surface area contributed by atoms with E-state index >= 15 is 0 Å². The van der Waals surface area contributed by atoms with Crippen LogP contribution in [0.2, 0.25) is 0 Å². The summed E-state index contributed by atoms with van der Waals surface area (Å²) in [5.74, 6) is 2.86. The third-order valence-corrected chi connectivity index (χ3v) is 6.20. The van der Waals surface area contributed by atoms with E-state index in [2.05, 4.69) is 10.5 Å². The van der Waals surface area contributed by atoms with E-state index in [1.165, 1.54) is 0 Å². The number of fused-ring (bicyclic) bond motifs is 1. The first-order valence-corrected chi connectivity index (χ1v) is 10.9. The summed E-state index contributed by atoms with van der Waals surface area (Å²) >= 11 is 1.61. The molecule has 0 radical (unpaired) electrons. The minimum absolute atomic E-state index is 0.112. The standard InChI is InChI=1S/C23H24N2O4S/c1-14(17-8-9-20-21(12-17)28-11-10-27-20)24-23(26)18-6-4-5-7-22(18)30-13-19-15(2)25-29-16(19)3/h4-9,12,14H,10-11,13H2,1-3H3,(H,24,26). The van der Waals surface area contributed by atoms with Crippen LogP contribution in [0, 0.1) is 13.8 Å². The fourth-order valence-electron chi connectivity index (χ4n) is 3.32. The molecule has 7 heteroatoms. The number of carbonyl (C=O) groups excluding carboxylic acids is 1. The van der Waals surface area contributed by atoms with Crippen LogP contribution in [0.5, 0.6) is 11.5 Å². The van der Waals surface area contributed by atoms with Crippen LogP contribution in [0.3, 0.4) is 0 Å². The molecular formula is C23H24N2O4S. The lowest BCUT2D eigenvalue weighted by atomic mass is 10.1. The number of carbonyl (C=O) groups is 1. The van der Waals surface area contributed by atoms with Crippen LogP contribution < -0.4 is 14.8 Å². The van der Waals surface area contributed by atoms with Gasteiger partial charge in [0.2, 0.25) is 0 Å². The van der Waals surface area contributed by atoms with Crippen molar-refractivity contribution in [3.63, 3.8) is 0 Å². The first-order valence-electron chi connectivity index (χ1n) is 9.87. The van der Waals surface area contributed by atoms with E-state index in [1.54, 1.807) is 11.8 Å². The monoisotopic (exact) mass is 424 g/mol. The lowest BCUT2D eigenvalue weighted by Crippen LogP contribution is -2.27.